The molecule has 2 aromatic rings. The van der Waals surface area contributed by atoms with Gasteiger partial charge in [-0.2, -0.15) is 0 Å². The van der Waals surface area contributed by atoms with Crippen molar-refractivity contribution < 1.29 is 4.74 Å². The third-order valence-electron chi connectivity index (χ3n) is 3.27. The lowest BCUT2D eigenvalue weighted by Crippen LogP contribution is -2.27. The molecule has 0 radical (unpaired) electrons. The lowest BCUT2D eigenvalue weighted by atomic mass is 10.1. The highest BCUT2D eigenvalue weighted by Crippen LogP contribution is 2.25. The van der Waals surface area contributed by atoms with Crippen LogP contribution in [0, 0.1) is 0 Å². The summed E-state index contributed by atoms with van der Waals surface area (Å²) in [4.78, 5) is 8.50. The molecule has 1 aliphatic heterocycles. The first kappa shape index (κ1) is 11.7. The fourth-order valence-electron chi connectivity index (χ4n) is 2.26. The second-order valence-electron chi connectivity index (χ2n) is 4.47. The fraction of sp³-hybridized carbons (Fsp3) is 0.385. The first-order valence-electron chi connectivity index (χ1n) is 6.04. The number of para-hydroxylation sites is 1. The predicted molar refractivity (Wildman–Crippen MR) is 72.0 cm³/mol. The van der Waals surface area contributed by atoms with Gasteiger partial charge in [0.2, 0.25) is 5.28 Å². The molecule has 4 nitrogen and oxygen atoms in total. The molecule has 3 rings (SSSR count). The standard InChI is InChI=1S/C13H14ClN3O/c1-8-10(6-7-18-8)15-12-9-4-2-3-5-11(9)16-13(14)17-12/h2-5,8,10H,6-7H2,1H3,(H,15,16,17). The molecule has 94 valence electrons. The first-order chi connectivity index (χ1) is 8.74. The van der Waals surface area contributed by atoms with Crippen molar-refractivity contribution in [3.8, 4) is 0 Å². The molecule has 1 aromatic heterocycles. The minimum absolute atomic E-state index is 0.192. The van der Waals surface area contributed by atoms with Crippen molar-refractivity contribution >= 4 is 28.3 Å². The van der Waals surface area contributed by atoms with Gasteiger partial charge < -0.3 is 10.1 Å². The number of nitrogens with zero attached hydrogens (tertiary/aromatic N) is 2. The van der Waals surface area contributed by atoms with E-state index >= 15 is 0 Å². The molecule has 0 amide bonds. The Morgan fingerprint density at radius 2 is 2.17 bits per heavy atom. The van der Waals surface area contributed by atoms with E-state index in [-0.39, 0.29) is 17.4 Å². The van der Waals surface area contributed by atoms with Gasteiger partial charge >= 0.3 is 0 Å². The molecule has 2 atom stereocenters. The van der Waals surface area contributed by atoms with Crippen LogP contribution in [-0.2, 0) is 4.74 Å². The molecule has 0 saturated carbocycles. The summed E-state index contributed by atoms with van der Waals surface area (Å²) in [6.45, 7) is 2.85. The number of ether oxygens (including phenoxy) is 1. The number of fused-ring (bicyclic) bond motifs is 1. The Balaban J connectivity index is 2.00. The molecular weight excluding hydrogens is 250 g/mol. The summed E-state index contributed by atoms with van der Waals surface area (Å²) >= 11 is 5.95. The Kier molecular flexibility index (Phi) is 3.06. The van der Waals surface area contributed by atoms with Crippen LogP contribution in [-0.4, -0.2) is 28.7 Å². The molecule has 18 heavy (non-hydrogen) atoms. The highest BCUT2D eigenvalue weighted by molar-refractivity contribution is 6.28. The minimum atomic E-state index is 0.192. The molecule has 1 fully saturated rings. The third-order valence-corrected chi connectivity index (χ3v) is 3.44. The Hall–Kier alpha value is -1.39. The summed E-state index contributed by atoms with van der Waals surface area (Å²) in [6.07, 6.45) is 1.18. The zero-order chi connectivity index (χ0) is 12.5. The Morgan fingerprint density at radius 1 is 1.33 bits per heavy atom. The van der Waals surface area contributed by atoms with Crippen molar-refractivity contribution in [2.24, 2.45) is 0 Å². The number of hydrogen-bond acceptors (Lipinski definition) is 4. The minimum Gasteiger partial charge on any atom is -0.376 e. The van der Waals surface area contributed by atoms with Gasteiger partial charge in [-0.25, -0.2) is 9.97 Å². The summed E-state index contributed by atoms with van der Waals surface area (Å²) < 4.78 is 5.54. The third kappa shape index (κ3) is 2.13. The average molecular weight is 264 g/mol. The maximum absolute atomic E-state index is 5.95. The van der Waals surface area contributed by atoms with Gasteiger partial charge in [-0.15, -0.1) is 0 Å². The molecule has 5 heteroatoms. The van der Waals surface area contributed by atoms with E-state index in [4.69, 9.17) is 16.3 Å². The van der Waals surface area contributed by atoms with E-state index in [1.54, 1.807) is 0 Å². The molecule has 1 aromatic carbocycles. The number of hydrogen-bond donors (Lipinski definition) is 1. The van der Waals surface area contributed by atoms with Crippen LogP contribution in [0.3, 0.4) is 0 Å². The lowest BCUT2D eigenvalue weighted by molar-refractivity contribution is 0.121. The fourth-order valence-corrected chi connectivity index (χ4v) is 2.43. The highest BCUT2D eigenvalue weighted by atomic mass is 35.5. The summed E-state index contributed by atoms with van der Waals surface area (Å²) in [7, 11) is 0. The molecule has 1 aliphatic rings. The quantitative estimate of drug-likeness (QED) is 0.847. The van der Waals surface area contributed by atoms with Crippen LogP contribution in [0.5, 0.6) is 0 Å². The SMILES string of the molecule is CC1OCCC1Nc1nc(Cl)nc2ccccc12. The Bertz CT molecular complexity index is 575. The average Bonchev–Trinajstić information content (AvgIpc) is 2.75. The largest absolute Gasteiger partial charge is 0.376 e. The van der Waals surface area contributed by atoms with Gasteiger partial charge in [0.05, 0.1) is 17.7 Å². The lowest BCUT2D eigenvalue weighted by Gasteiger charge is -2.17. The van der Waals surface area contributed by atoms with E-state index < -0.39 is 0 Å². The van der Waals surface area contributed by atoms with Crippen molar-refractivity contribution in [2.45, 2.75) is 25.5 Å². The van der Waals surface area contributed by atoms with Crippen molar-refractivity contribution in [1.82, 2.24) is 9.97 Å². The van der Waals surface area contributed by atoms with Crippen molar-refractivity contribution in [2.75, 3.05) is 11.9 Å². The molecule has 0 bridgehead atoms. The predicted octanol–water partition coefficient (Wildman–Crippen LogP) is 2.87. The van der Waals surface area contributed by atoms with Crippen LogP contribution in [0.4, 0.5) is 5.82 Å². The van der Waals surface area contributed by atoms with Gasteiger partial charge in [0.1, 0.15) is 5.82 Å². The number of rotatable bonds is 2. The van der Waals surface area contributed by atoms with Crippen LogP contribution in [0.2, 0.25) is 5.28 Å². The highest BCUT2D eigenvalue weighted by Gasteiger charge is 2.25. The molecule has 0 aliphatic carbocycles. The molecule has 0 spiro atoms. The molecular formula is C13H14ClN3O. The van der Waals surface area contributed by atoms with E-state index in [1.165, 1.54) is 0 Å². The maximum Gasteiger partial charge on any atom is 0.224 e. The smallest absolute Gasteiger partial charge is 0.224 e. The number of anilines is 1. The first-order valence-corrected chi connectivity index (χ1v) is 6.42. The van der Waals surface area contributed by atoms with E-state index in [1.807, 2.05) is 24.3 Å². The summed E-state index contributed by atoms with van der Waals surface area (Å²) in [5.74, 6) is 0.785. The summed E-state index contributed by atoms with van der Waals surface area (Å²) in [5.41, 5.74) is 0.853. The Morgan fingerprint density at radius 3 is 2.94 bits per heavy atom. The van der Waals surface area contributed by atoms with Gasteiger partial charge in [0.25, 0.3) is 0 Å². The van der Waals surface area contributed by atoms with Gasteiger partial charge in [-0.3, -0.25) is 0 Å². The van der Waals surface area contributed by atoms with E-state index in [0.717, 1.165) is 29.7 Å². The van der Waals surface area contributed by atoms with Crippen molar-refractivity contribution in [1.29, 1.82) is 0 Å². The number of halogens is 1. The number of aromatic nitrogens is 2. The van der Waals surface area contributed by atoms with Gasteiger partial charge in [-0.05, 0) is 37.1 Å². The van der Waals surface area contributed by atoms with Crippen molar-refractivity contribution in [3.05, 3.63) is 29.5 Å². The van der Waals surface area contributed by atoms with E-state index in [0.29, 0.717) is 0 Å². The maximum atomic E-state index is 5.95. The van der Waals surface area contributed by atoms with Crippen LogP contribution < -0.4 is 5.32 Å². The van der Waals surface area contributed by atoms with Gasteiger partial charge in [0, 0.05) is 12.0 Å². The molecule has 2 unspecified atom stereocenters. The monoisotopic (exact) mass is 263 g/mol. The summed E-state index contributed by atoms with van der Waals surface area (Å²) in [6, 6.07) is 8.12. The van der Waals surface area contributed by atoms with Gasteiger partial charge in [0.15, 0.2) is 0 Å². The second-order valence-corrected chi connectivity index (χ2v) is 4.81. The normalized spacial score (nSPS) is 23.4. The van der Waals surface area contributed by atoms with E-state index in [2.05, 4.69) is 22.2 Å². The number of benzene rings is 1. The second kappa shape index (κ2) is 4.71. The topological polar surface area (TPSA) is 47.0 Å². The van der Waals surface area contributed by atoms with Gasteiger partial charge in [-0.1, -0.05) is 12.1 Å². The Labute approximate surface area is 110 Å². The van der Waals surface area contributed by atoms with Crippen LogP contribution in [0.15, 0.2) is 24.3 Å². The molecule has 2 heterocycles. The molecule has 1 N–H and O–H groups in total. The van der Waals surface area contributed by atoms with Crippen LogP contribution in [0.1, 0.15) is 13.3 Å². The van der Waals surface area contributed by atoms with E-state index in [9.17, 15) is 0 Å². The molecule has 1 saturated heterocycles. The number of nitrogens with one attached hydrogen (secondary N) is 1. The van der Waals surface area contributed by atoms with Crippen LogP contribution in [0.25, 0.3) is 10.9 Å². The zero-order valence-corrected chi connectivity index (χ0v) is 10.8. The zero-order valence-electron chi connectivity index (χ0n) is 10.1. The van der Waals surface area contributed by atoms with Crippen LogP contribution >= 0.6 is 11.6 Å². The van der Waals surface area contributed by atoms with Crippen molar-refractivity contribution in [3.63, 3.8) is 0 Å². The summed E-state index contributed by atoms with van der Waals surface area (Å²) in [5, 5.41) is 4.67.